The lowest BCUT2D eigenvalue weighted by molar-refractivity contribution is -0.00281. The zero-order valence-corrected chi connectivity index (χ0v) is 9.71. The Labute approximate surface area is 90.8 Å². The third kappa shape index (κ3) is 11.1. The number of ether oxygens (including phenoxy) is 2. The van der Waals surface area contributed by atoms with Crippen molar-refractivity contribution in [2.75, 3.05) is 19.9 Å². The number of hydrogen-bond acceptors (Lipinski definition) is 4. The Morgan fingerprint density at radius 1 is 1.33 bits per heavy atom. The fourth-order valence-electron chi connectivity index (χ4n) is 0.898. The summed E-state index contributed by atoms with van der Waals surface area (Å²) in [6.07, 6.45) is 1.21. The second kappa shape index (κ2) is 7.48. The molecule has 0 saturated carbocycles. The van der Waals surface area contributed by atoms with Crippen molar-refractivity contribution in [1.82, 2.24) is 5.32 Å². The molecule has 0 unspecified atom stereocenters. The molecule has 0 aliphatic rings. The highest BCUT2D eigenvalue weighted by Crippen LogP contribution is 2.06. The molecule has 5 nitrogen and oxygen atoms in total. The molecule has 0 saturated heterocycles. The quantitative estimate of drug-likeness (QED) is 0.521. The molecule has 0 aliphatic carbocycles. The Morgan fingerprint density at radius 3 is 2.53 bits per heavy atom. The maximum absolute atomic E-state index is 11.1. The van der Waals surface area contributed by atoms with E-state index in [1.54, 1.807) is 0 Å². The minimum atomic E-state index is -0.454. The van der Waals surface area contributed by atoms with Crippen molar-refractivity contribution in [3.8, 4) is 0 Å². The van der Waals surface area contributed by atoms with Crippen molar-refractivity contribution in [1.29, 1.82) is 0 Å². The van der Waals surface area contributed by atoms with Gasteiger partial charge in [-0.3, -0.25) is 0 Å². The average molecular weight is 219 g/mol. The molecule has 1 amide bonds. The number of unbranched alkanes of at least 4 members (excludes halogenated alkanes) is 1. The number of nitrogens with one attached hydrogen (secondary N) is 1. The number of carbonyl (C=O) groups excluding carboxylic acids is 1. The SMILES string of the molecule is CC(C)(C)OC(=O)NCCCCOCO. The standard InChI is InChI=1S/C10H21NO4/c1-10(2,3)15-9(13)11-6-4-5-7-14-8-12/h12H,4-8H2,1-3H3,(H,11,13). The van der Waals surface area contributed by atoms with Crippen molar-refractivity contribution < 1.29 is 19.4 Å². The molecule has 90 valence electrons. The molecule has 5 heteroatoms. The van der Waals surface area contributed by atoms with E-state index in [0.717, 1.165) is 12.8 Å². The normalized spacial score (nSPS) is 11.2. The molecule has 0 radical (unpaired) electrons. The fraction of sp³-hybridized carbons (Fsp3) is 0.900. The molecule has 0 heterocycles. The van der Waals surface area contributed by atoms with Crippen LogP contribution in [-0.2, 0) is 9.47 Å². The topological polar surface area (TPSA) is 67.8 Å². The molecule has 0 rings (SSSR count). The Kier molecular flexibility index (Phi) is 7.07. The van der Waals surface area contributed by atoms with Gasteiger partial charge in [-0.25, -0.2) is 4.79 Å². The lowest BCUT2D eigenvalue weighted by Gasteiger charge is -2.19. The first kappa shape index (κ1) is 14.2. The number of carbonyl (C=O) groups is 1. The van der Waals surface area contributed by atoms with Crippen LogP contribution in [0.25, 0.3) is 0 Å². The Hall–Kier alpha value is -0.810. The van der Waals surface area contributed by atoms with Gasteiger partial charge in [-0.2, -0.15) is 0 Å². The van der Waals surface area contributed by atoms with Gasteiger partial charge in [0, 0.05) is 13.2 Å². The summed E-state index contributed by atoms with van der Waals surface area (Å²) in [4.78, 5) is 11.1. The van der Waals surface area contributed by atoms with Gasteiger partial charge in [0.2, 0.25) is 0 Å². The summed E-state index contributed by atoms with van der Waals surface area (Å²) in [5.41, 5.74) is -0.454. The summed E-state index contributed by atoms with van der Waals surface area (Å²) in [5.74, 6) is 0. The van der Waals surface area contributed by atoms with Gasteiger partial charge in [-0.15, -0.1) is 0 Å². The fourth-order valence-corrected chi connectivity index (χ4v) is 0.898. The van der Waals surface area contributed by atoms with E-state index in [-0.39, 0.29) is 6.79 Å². The maximum Gasteiger partial charge on any atom is 0.407 e. The second-order valence-electron chi connectivity index (χ2n) is 4.17. The zero-order chi connectivity index (χ0) is 11.7. The van der Waals surface area contributed by atoms with E-state index < -0.39 is 11.7 Å². The molecule has 0 aromatic rings. The van der Waals surface area contributed by atoms with Gasteiger partial charge in [0.05, 0.1) is 0 Å². The minimum Gasteiger partial charge on any atom is -0.444 e. The Morgan fingerprint density at radius 2 is 2.00 bits per heavy atom. The van der Waals surface area contributed by atoms with Crippen LogP contribution in [-0.4, -0.2) is 36.7 Å². The van der Waals surface area contributed by atoms with Crippen molar-refractivity contribution in [2.45, 2.75) is 39.2 Å². The van der Waals surface area contributed by atoms with Crippen LogP contribution in [0.1, 0.15) is 33.6 Å². The van der Waals surface area contributed by atoms with E-state index in [1.165, 1.54) is 0 Å². The number of hydrogen-bond donors (Lipinski definition) is 2. The van der Waals surface area contributed by atoms with Gasteiger partial charge in [0.15, 0.2) is 0 Å². The zero-order valence-electron chi connectivity index (χ0n) is 9.71. The highest BCUT2D eigenvalue weighted by molar-refractivity contribution is 5.67. The number of alkyl carbamates (subject to hydrolysis) is 1. The average Bonchev–Trinajstić information content (AvgIpc) is 2.08. The number of aliphatic hydroxyl groups is 1. The molecule has 0 aliphatic heterocycles. The Bertz CT molecular complexity index is 177. The van der Waals surface area contributed by atoms with Crippen LogP contribution >= 0.6 is 0 Å². The van der Waals surface area contributed by atoms with Gasteiger partial charge in [0.1, 0.15) is 12.4 Å². The summed E-state index contributed by atoms with van der Waals surface area (Å²) in [7, 11) is 0. The molecule has 0 aromatic heterocycles. The molecule has 0 fully saturated rings. The van der Waals surface area contributed by atoms with Gasteiger partial charge in [-0.1, -0.05) is 0 Å². The van der Waals surface area contributed by atoms with Crippen LogP contribution in [0, 0.1) is 0 Å². The van der Waals surface area contributed by atoms with Crippen LogP contribution in [0.3, 0.4) is 0 Å². The Balaban J connectivity index is 3.32. The number of rotatable bonds is 6. The van der Waals surface area contributed by atoms with E-state index in [9.17, 15) is 4.79 Å². The molecule has 2 N–H and O–H groups in total. The lowest BCUT2D eigenvalue weighted by atomic mass is 10.2. The van der Waals surface area contributed by atoms with E-state index in [0.29, 0.717) is 13.2 Å². The summed E-state index contributed by atoms with van der Waals surface area (Å²) in [6, 6.07) is 0. The minimum absolute atomic E-state index is 0.251. The summed E-state index contributed by atoms with van der Waals surface area (Å²) in [6.45, 7) is 6.28. The molecular formula is C10H21NO4. The molecule has 0 spiro atoms. The van der Waals surface area contributed by atoms with Crippen molar-refractivity contribution in [3.63, 3.8) is 0 Å². The third-order valence-electron chi connectivity index (χ3n) is 1.47. The molecule has 15 heavy (non-hydrogen) atoms. The first-order valence-electron chi connectivity index (χ1n) is 5.11. The van der Waals surface area contributed by atoms with Gasteiger partial charge >= 0.3 is 6.09 Å². The van der Waals surface area contributed by atoms with E-state index in [1.807, 2.05) is 20.8 Å². The van der Waals surface area contributed by atoms with Gasteiger partial charge in [0.25, 0.3) is 0 Å². The smallest absolute Gasteiger partial charge is 0.407 e. The van der Waals surface area contributed by atoms with Gasteiger partial charge < -0.3 is 19.9 Å². The molecule has 0 aromatic carbocycles. The summed E-state index contributed by atoms with van der Waals surface area (Å²) >= 11 is 0. The monoisotopic (exact) mass is 219 g/mol. The lowest BCUT2D eigenvalue weighted by Crippen LogP contribution is -2.33. The molecule has 0 bridgehead atoms. The van der Waals surface area contributed by atoms with E-state index in [4.69, 9.17) is 14.6 Å². The van der Waals surface area contributed by atoms with E-state index >= 15 is 0 Å². The first-order chi connectivity index (χ1) is 6.95. The van der Waals surface area contributed by atoms with Crippen LogP contribution in [0.15, 0.2) is 0 Å². The second-order valence-corrected chi connectivity index (χ2v) is 4.17. The van der Waals surface area contributed by atoms with Crippen molar-refractivity contribution >= 4 is 6.09 Å². The van der Waals surface area contributed by atoms with Crippen LogP contribution in [0.4, 0.5) is 4.79 Å². The predicted molar refractivity (Wildman–Crippen MR) is 56.5 cm³/mol. The maximum atomic E-state index is 11.1. The summed E-state index contributed by atoms with van der Waals surface area (Å²) in [5, 5.41) is 11.0. The predicted octanol–water partition coefficient (Wildman–Crippen LogP) is 1.26. The molecular weight excluding hydrogens is 198 g/mol. The van der Waals surface area contributed by atoms with Crippen LogP contribution in [0.5, 0.6) is 0 Å². The number of amides is 1. The van der Waals surface area contributed by atoms with Crippen LogP contribution < -0.4 is 5.32 Å². The number of aliphatic hydroxyl groups excluding tert-OH is 1. The highest BCUT2D eigenvalue weighted by Gasteiger charge is 2.15. The summed E-state index contributed by atoms with van der Waals surface area (Å²) < 4.78 is 9.78. The third-order valence-corrected chi connectivity index (χ3v) is 1.47. The van der Waals surface area contributed by atoms with Crippen LogP contribution in [0.2, 0.25) is 0 Å². The van der Waals surface area contributed by atoms with Crippen molar-refractivity contribution in [2.24, 2.45) is 0 Å². The molecule has 0 atom stereocenters. The van der Waals surface area contributed by atoms with E-state index in [2.05, 4.69) is 5.32 Å². The first-order valence-corrected chi connectivity index (χ1v) is 5.11. The van der Waals surface area contributed by atoms with Gasteiger partial charge in [-0.05, 0) is 33.6 Å². The van der Waals surface area contributed by atoms with Crippen molar-refractivity contribution in [3.05, 3.63) is 0 Å². The largest absolute Gasteiger partial charge is 0.444 e. The highest BCUT2D eigenvalue weighted by atomic mass is 16.6.